The molecule has 0 bridgehead atoms. The van der Waals surface area contributed by atoms with E-state index in [1.54, 1.807) is 18.2 Å². The quantitative estimate of drug-likeness (QED) is 0.817. The fourth-order valence-electron chi connectivity index (χ4n) is 2.22. The van der Waals surface area contributed by atoms with Gasteiger partial charge in [-0.25, -0.2) is 0 Å². The zero-order chi connectivity index (χ0) is 14.4. The summed E-state index contributed by atoms with van der Waals surface area (Å²) in [4.78, 5) is 0. The fraction of sp³-hybridized carbons (Fsp3) is 0.294. The zero-order valence-corrected chi connectivity index (χ0v) is 11.5. The number of nitrogens with one attached hydrogen (secondary N) is 1. The van der Waals surface area contributed by atoms with E-state index in [-0.39, 0.29) is 18.2 Å². The molecule has 1 unspecified atom stereocenters. The summed E-state index contributed by atoms with van der Waals surface area (Å²) >= 11 is 0. The van der Waals surface area contributed by atoms with Crippen LogP contribution in [0.4, 0.5) is 8.78 Å². The minimum Gasteiger partial charge on any atom is -0.304 e. The van der Waals surface area contributed by atoms with Gasteiger partial charge in [-0.1, -0.05) is 67.6 Å². The van der Waals surface area contributed by atoms with Crippen LogP contribution in [-0.2, 0) is 5.92 Å². The molecule has 0 aromatic heterocycles. The van der Waals surface area contributed by atoms with E-state index in [0.717, 1.165) is 12.0 Å². The smallest absolute Gasteiger partial charge is 0.285 e. The maximum absolute atomic E-state index is 14.1. The van der Waals surface area contributed by atoms with Crippen LogP contribution in [-0.4, -0.2) is 6.54 Å². The molecule has 1 nitrogen and oxygen atoms in total. The van der Waals surface area contributed by atoms with E-state index in [0.29, 0.717) is 0 Å². The molecule has 0 amide bonds. The van der Waals surface area contributed by atoms with Crippen molar-refractivity contribution in [2.24, 2.45) is 0 Å². The van der Waals surface area contributed by atoms with E-state index in [4.69, 9.17) is 0 Å². The maximum Gasteiger partial charge on any atom is 0.285 e. The molecule has 0 spiro atoms. The Hall–Kier alpha value is -1.74. The van der Waals surface area contributed by atoms with Gasteiger partial charge in [0.1, 0.15) is 0 Å². The van der Waals surface area contributed by atoms with E-state index < -0.39 is 5.92 Å². The van der Waals surface area contributed by atoms with E-state index in [1.807, 2.05) is 37.3 Å². The normalized spacial score (nSPS) is 13.2. The van der Waals surface area contributed by atoms with Crippen LogP contribution in [0.1, 0.15) is 30.5 Å². The number of hydrogen-bond acceptors (Lipinski definition) is 1. The van der Waals surface area contributed by atoms with E-state index >= 15 is 0 Å². The Morgan fingerprint density at radius 2 is 1.50 bits per heavy atom. The first-order chi connectivity index (χ1) is 9.63. The third kappa shape index (κ3) is 3.64. The van der Waals surface area contributed by atoms with Gasteiger partial charge in [0.05, 0.1) is 6.54 Å². The first-order valence-corrected chi connectivity index (χ1v) is 6.85. The third-order valence-electron chi connectivity index (χ3n) is 3.38. The molecule has 0 heterocycles. The molecule has 20 heavy (non-hydrogen) atoms. The molecule has 0 aliphatic carbocycles. The predicted molar refractivity (Wildman–Crippen MR) is 77.8 cm³/mol. The van der Waals surface area contributed by atoms with Crippen LogP contribution < -0.4 is 5.32 Å². The standard InChI is InChI=1S/C17H19F2N/c1-2-16(14-9-5-3-6-10-14)20-13-17(18,19)15-11-7-4-8-12-15/h3-12,16,20H,2,13H2,1H3. The lowest BCUT2D eigenvalue weighted by atomic mass is 10.0. The van der Waals surface area contributed by atoms with Gasteiger partial charge in [0, 0.05) is 11.6 Å². The summed E-state index contributed by atoms with van der Waals surface area (Å²) in [6.07, 6.45) is 0.773. The number of benzene rings is 2. The summed E-state index contributed by atoms with van der Waals surface area (Å²) < 4.78 is 28.2. The van der Waals surface area contributed by atoms with Crippen molar-refractivity contribution in [3.05, 3.63) is 71.8 Å². The van der Waals surface area contributed by atoms with Gasteiger partial charge in [-0.05, 0) is 12.0 Å². The summed E-state index contributed by atoms with van der Waals surface area (Å²) in [7, 11) is 0. The molecule has 1 N–H and O–H groups in total. The first-order valence-electron chi connectivity index (χ1n) is 6.85. The van der Waals surface area contributed by atoms with Crippen LogP contribution in [0, 0.1) is 0 Å². The number of hydrogen-bond donors (Lipinski definition) is 1. The van der Waals surface area contributed by atoms with Gasteiger partial charge in [-0.3, -0.25) is 0 Å². The molecule has 0 radical (unpaired) electrons. The van der Waals surface area contributed by atoms with E-state index in [9.17, 15) is 8.78 Å². The molecule has 3 heteroatoms. The van der Waals surface area contributed by atoms with Crippen LogP contribution in [0.15, 0.2) is 60.7 Å². The number of rotatable bonds is 6. The topological polar surface area (TPSA) is 12.0 Å². The highest BCUT2D eigenvalue weighted by Gasteiger charge is 2.31. The van der Waals surface area contributed by atoms with Crippen molar-refractivity contribution in [1.29, 1.82) is 0 Å². The average Bonchev–Trinajstić information content (AvgIpc) is 2.50. The Kier molecular flexibility index (Phi) is 4.85. The van der Waals surface area contributed by atoms with Gasteiger partial charge in [-0.15, -0.1) is 0 Å². The van der Waals surface area contributed by atoms with Crippen LogP contribution in [0.5, 0.6) is 0 Å². The minimum atomic E-state index is -2.86. The van der Waals surface area contributed by atoms with Crippen LogP contribution in [0.3, 0.4) is 0 Å². The molecular weight excluding hydrogens is 256 g/mol. The predicted octanol–water partition coefficient (Wildman–Crippen LogP) is 4.52. The second kappa shape index (κ2) is 6.62. The molecule has 2 aromatic carbocycles. The zero-order valence-electron chi connectivity index (χ0n) is 11.5. The van der Waals surface area contributed by atoms with Crippen molar-refractivity contribution >= 4 is 0 Å². The molecule has 0 aliphatic heterocycles. The lowest BCUT2D eigenvalue weighted by molar-refractivity contribution is -0.00592. The third-order valence-corrected chi connectivity index (χ3v) is 3.38. The van der Waals surface area contributed by atoms with Crippen molar-refractivity contribution in [3.8, 4) is 0 Å². The largest absolute Gasteiger partial charge is 0.304 e. The summed E-state index contributed by atoms with van der Waals surface area (Å²) in [6, 6.07) is 17.6. The van der Waals surface area contributed by atoms with Crippen molar-refractivity contribution < 1.29 is 8.78 Å². The molecule has 2 aromatic rings. The van der Waals surface area contributed by atoms with Crippen molar-refractivity contribution in [1.82, 2.24) is 5.32 Å². The molecule has 0 fully saturated rings. The summed E-state index contributed by atoms with van der Waals surface area (Å²) in [5.41, 5.74) is 1.09. The lowest BCUT2D eigenvalue weighted by Gasteiger charge is -2.22. The van der Waals surface area contributed by atoms with Gasteiger partial charge in [0.25, 0.3) is 5.92 Å². The Morgan fingerprint density at radius 3 is 2.05 bits per heavy atom. The molecule has 1 atom stereocenters. The number of halogens is 2. The Balaban J connectivity index is 2.03. The molecule has 106 valence electrons. The molecule has 0 saturated heterocycles. The van der Waals surface area contributed by atoms with E-state index in [2.05, 4.69) is 5.32 Å². The highest BCUT2D eigenvalue weighted by Crippen LogP contribution is 2.28. The highest BCUT2D eigenvalue weighted by molar-refractivity contribution is 5.22. The fourth-order valence-corrected chi connectivity index (χ4v) is 2.22. The summed E-state index contributed by atoms with van der Waals surface area (Å²) in [5.74, 6) is -2.86. The minimum absolute atomic E-state index is 0.0502. The van der Waals surface area contributed by atoms with Gasteiger partial charge in [-0.2, -0.15) is 8.78 Å². The van der Waals surface area contributed by atoms with Crippen LogP contribution in [0.25, 0.3) is 0 Å². The highest BCUT2D eigenvalue weighted by atomic mass is 19.3. The summed E-state index contributed by atoms with van der Waals surface area (Å²) in [5, 5.41) is 2.97. The lowest BCUT2D eigenvalue weighted by Crippen LogP contribution is -2.33. The van der Waals surface area contributed by atoms with Crippen LogP contribution >= 0.6 is 0 Å². The average molecular weight is 275 g/mol. The van der Waals surface area contributed by atoms with Crippen molar-refractivity contribution in [2.75, 3.05) is 6.54 Å². The first kappa shape index (κ1) is 14.7. The Labute approximate surface area is 118 Å². The van der Waals surface area contributed by atoms with Crippen molar-refractivity contribution in [3.63, 3.8) is 0 Å². The van der Waals surface area contributed by atoms with E-state index in [1.165, 1.54) is 12.1 Å². The second-order valence-corrected chi connectivity index (χ2v) is 4.82. The molecule has 2 rings (SSSR count). The summed E-state index contributed by atoms with van der Waals surface area (Å²) in [6.45, 7) is 1.63. The molecule has 0 aliphatic rings. The SMILES string of the molecule is CCC(NCC(F)(F)c1ccccc1)c1ccccc1. The maximum atomic E-state index is 14.1. The van der Waals surface area contributed by atoms with Gasteiger partial charge >= 0.3 is 0 Å². The van der Waals surface area contributed by atoms with Gasteiger partial charge in [0.2, 0.25) is 0 Å². The Bertz CT molecular complexity index is 511. The Morgan fingerprint density at radius 1 is 0.950 bits per heavy atom. The molecular formula is C17H19F2N. The monoisotopic (exact) mass is 275 g/mol. The number of alkyl halides is 2. The second-order valence-electron chi connectivity index (χ2n) is 4.82. The van der Waals surface area contributed by atoms with Gasteiger partial charge in [0.15, 0.2) is 0 Å². The van der Waals surface area contributed by atoms with Crippen LogP contribution in [0.2, 0.25) is 0 Å². The molecule has 0 saturated carbocycles. The van der Waals surface area contributed by atoms with Crippen molar-refractivity contribution in [2.45, 2.75) is 25.3 Å². The van der Waals surface area contributed by atoms with Gasteiger partial charge < -0.3 is 5.32 Å².